The van der Waals surface area contributed by atoms with Crippen molar-refractivity contribution in [1.82, 2.24) is 4.48 Å². The quantitative estimate of drug-likeness (QED) is 0.279. The van der Waals surface area contributed by atoms with Gasteiger partial charge in [-0.3, -0.25) is 4.48 Å². The monoisotopic (exact) mass is 417 g/mol. The van der Waals surface area contributed by atoms with Crippen LogP contribution in [0.5, 0.6) is 0 Å². The van der Waals surface area contributed by atoms with E-state index in [1.165, 1.54) is 76.4 Å². The minimum absolute atomic E-state index is 0. The van der Waals surface area contributed by atoms with Crippen LogP contribution in [0.2, 0.25) is 0 Å². The lowest BCUT2D eigenvalue weighted by atomic mass is 10.1. The summed E-state index contributed by atoms with van der Waals surface area (Å²) in [5.41, 5.74) is 1.42. The predicted octanol–water partition coefficient (Wildman–Crippen LogP) is 3.18. The molecule has 0 amide bonds. The lowest BCUT2D eigenvalue weighted by Gasteiger charge is -2.29. The molecule has 0 saturated heterocycles. The normalized spacial score (nSPS) is 11.2. The van der Waals surface area contributed by atoms with Crippen LogP contribution in [-0.2, 0) is 0 Å². The smallest absolute Gasteiger partial charge is 0.132 e. The largest absolute Gasteiger partial charge is 1.00 e. The van der Waals surface area contributed by atoms with Crippen molar-refractivity contribution in [3.05, 3.63) is 30.3 Å². The lowest BCUT2D eigenvalue weighted by Crippen LogP contribution is -3.00. The zero-order chi connectivity index (χ0) is 15.4. The minimum Gasteiger partial charge on any atom is -1.00 e. The highest BCUT2D eigenvalue weighted by molar-refractivity contribution is 5.40. The van der Waals surface area contributed by atoms with E-state index in [0.717, 1.165) is 4.48 Å². The maximum Gasteiger partial charge on any atom is 0.132 e. The Labute approximate surface area is 156 Å². The van der Waals surface area contributed by atoms with E-state index in [1.54, 1.807) is 0 Å². The van der Waals surface area contributed by atoms with Crippen molar-refractivity contribution >= 4 is 5.69 Å². The number of hydrogen-bond acceptors (Lipinski definition) is 0. The molecule has 22 heavy (non-hydrogen) atoms. The summed E-state index contributed by atoms with van der Waals surface area (Å²) in [5.74, 6) is 0. The first-order valence-electron chi connectivity index (χ1n) is 9.05. The fourth-order valence-electron chi connectivity index (χ4n) is 2.96. The van der Waals surface area contributed by atoms with E-state index in [0.29, 0.717) is 0 Å². The van der Waals surface area contributed by atoms with Crippen LogP contribution < -0.4 is 28.5 Å². The second-order valence-corrected chi connectivity index (χ2v) is 6.93. The third-order valence-corrected chi connectivity index (χ3v) is 4.53. The Kier molecular flexibility index (Phi) is 13.3. The van der Waals surface area contributed by atoms with Gasteiger partial charge in [0.05, 0.1) is 20.6 Å². The van der Waals surface area contributed by atoms with Gasteiger partial charge in [0.25, 0.3) is 0 Å². The molecule has 0 aliphatic heterocycles. The van der Waals surface area contributed by atoms with Gasteiger partial charge in [0.15, 0.2) is 0 Å². The molecule has 1 nitrogen and oxygen atoms in total. The van der Waals surface area contributed by atoms with E-state index in [2.05, 4.69) is 51.4 Å². The number of nitrogens with zero attached hydrogens (tertiary/aromatic N) is 1. The van der Waals surface area contributed by atoms with E-state index < -0.39 is 0 Å². The Hall–Kier alpha value is -0.0900. The number of halogens is 1. The Balaban J connectivity index is 0.00000441. The Morgan fingerprint density at radius 1 is 0.682 bits per heavy atom. The average molecular weight is 417 g/mol. The molecule has 0 unspecified atom stereocenters. The summed E-state index contributed by atoms with van der Waals surface area (Å²) in [5, 5.41) is 0. The van der Waals surface area contributed by atoms with Crippen LogP contribution in [-0.4, -0.2) is 20.6 Å². The summed E-state index contributed by atoms with van der Waals surface area (Å²) in [6.07, 6.45) is 14.2. The van der Waals surface area contributed by atoms with E-state index in [9.17, 15) is 0 Å². The number of unbranched alkanes of at least 4 members (excludes halogenated alkanes) is 9. The Morgan fingerprint density at radius 3 is 1.64 bits per heavy atom. The molecule has 0 heterocycles. The van der Waals surface area contributed by atoms with Gasteiger partial charge in [-0.25, -0.2) is 0 Å². The number of para-hydroxylation sites is 1. The van der Waals surface area contributed by atoms with E-state index >= 15 is 0 Å². The first-order valence-corrected chi connectivity index (χ1v) is 9.05. The molecular weight excluding hydrogens is 381 g/mol. The van der Waals surface area contributed by atoms with E-state index in [1.807, 2.05) is 0 Å². The molecule has 1 rings (SSSR count). The van der Waals surface area contributed by atoms with Crippen molar-refractivity contribution in [3.63, 3.8) is 0 Å². The summed E-state index contributed by atoms with van der Waals surface area (Å²) >= 11 is 0. The fourth-order valence-corrected chi connectivity index (χ4v) is 2.96. The molecule has 0 aliphatic rings. The molecule has 1 aromatic rings. The topological polar surface area (TPSA) is 0 Å². The van der Waals surface area contributed by atoms with Gasteiger partial charge in [-0.15, -0.1) is 0 Å². The molecule has 128 valence electrons. The van der Waals surface area contributed by atoms with Crippen molar-refractivity contribution in [2.75, 3.05) is 20.6 Å². The van der Waals surface area contributed by atoms with Crippen LogP contribution in [0, 0.1) is 0 Å². The number of rotatable bonds is 12. The van der Waals surface area contributed by atoms with Crippen molar-refractivity contribution in [2.24, 2.45) is 0 Å². The average Bonchev–Trinajstić information content (AvgIpc) is 2.50. The highest BCUT2D eigenvalue weighted by Crippen LogP contribution is 2.19. The van der Waals surface area contributed by atoms with Crippen LogP contribution in [0.4, 0.5) is 5.69 Å². The van der Waals surface area contributed by atoms with Crippen molar-refractivity contribution in [3.8, 4) is 0 Å². The minimum atomic E-state index is 0. The first-order chi connectivity index (χ1) is 10.2. The molecule has 0 bridgehead atoms. The van der Waals surface area contributed by atoms with Crippen LogP contribution >= 0.6 is 0 Å². The standard InChI is InChI=1S/C20H36N.HI/c1-4-5-6-7-8-9-10-11-12-16-19-21(2,3)20-17-14-13-15-18-20;/h13-15,17-18H,4-12,16,19H2,1-3H3;1H/q+1;/p-1. The van der Waals surface area contributed by atoms with E-state index in [-0.39, 0.29) is 24.0 Å². The highest BCUT2D eigenvalue weighted by Gasteiger charge is 2.17. The summed E-state index contributed by atoms with van der Waals surface area (Å²) in [4.78, 5) is 0. The molecule has 0 aliphatic carbocycles. The lowest BCUT2D eigenvalue weighted by molar-refractivity contribution is -0.00000472. The maximum atomic E-state index is 2.32. The predicted molar refractivity (Wildman–Crippen MR) is 96.8 cm³/mol. The van der Waals surface area contributed by atoms with Crippen LogP contribution in [0.25, 0.3) is 0 Å². The third-order valence-electron chi connectivity index (χ3n) is 4.53. The molecule has 2 heteroatoms. The van der Waals surface area contributed by atoms with Gasteiger partial charge in [0, 0.05) is 0 Å². The second kappa shape index (κ2) is 13.4. The van der Waals surface area contributed by atoms with Crippen LogP contribution in [0.1, 0.15) is 71.1 Å². The number of quaternary nitrogens is 1. The van der Waals surface area contributed by atoms with Crippen molar-refractivity contribution in [1.29, 1.82) is 0 Å². The zero-order valence-electron chi connectivity index (χ0n) is 15.0. The molecule has 0 N–H and O–H groups in total. The molecule has 0 atom stereocenters. The van der Waals surface area contributed by atoms with Gasteiger partial charge in [0.2, 0.25) is 0 Å². The van der Waals surface area contributed by atoms with E-state index in [4.69, 9.17) is 0 Å². The van der Waals surface area contributed by atoms with Gasteiger partial charge >= 0.3 is 0 Å². The second-order valence-electron chi connectivity index (χ2n) is 6.93. The molecule has 0 aromatic heterocycles. The molecular formula is C20H36IN. The van der Waals surface area contributed by atoms with Gasteiger partial charge in [-0.1, -0.05) is 76.5 Å². The third kappa shape index (κ3) is 9.83. The summed E-state index contributed by atoms with van der Waals surface area (Å²) in [6.45, 7) is 3.54. The van der Waals surface area contributed by atoms with Gasteiger partial charge < -0.3 is 24.0 Å². The maximum absolute atomic E-state index is 2.32. The molecule has 0 fully saturated rings. The number of hydrogen-bond donors (Lipinski definition) is 0. The van der Waals surface area contributed by atoms with Crippen LogP contribution in [0.15, 0.2) is 30.3 Å². The molecule has 0 radical (unpaired) electrons. The number of benzene rings is 1. The molecule has 1 aromatic carbocycles. The Bertz CT molecular complexity index is 348. The Morgan fingerprint density at radius 2 is 1.14 bits per heavy atom. The van der Waals surface area contributed by atoms with Gasteiger partial charge in [-0.2, -0.15) is 0 Å². The first kappa shape index (κ1) is 21.9. The van der Waals surface area contributed by atoms with Gasteiger partial charge in [0.1, 0.15) is 5.69 Å². The van der Waals surface area contributed by atoms with Gasteiger partial charge in [-0.05, 0) is 25.0 Å². The molecule has 0 saturated carbocycles. The zero-order valence-corrected chi connectivity index (χ0v) is 17.1. The van der Waals surface area contributed by atoms with Crippen LogP contribution in [0.3, 0.4) is 0 Å². The van der Waals surface area contributed by atoms with Crippen molar-refractivity contribution < 1.29 is 24.0 Å². The fraction of sp³-hybridized carbons (Fsp3) is 0.700. The van der Waals surface area contributed by atoms with Crippen molar-refractivity contribution in [2.45, 2.75) is 71.1 Å². The SMILES string of the molecule is CCCCCCCCCCCC[N+](C)(C)c1ccccc1.[I-]. The highest BCUT2D eigenvalue weighted by atomic mass is 127. The summed E-state index contributed by atoms with van der Waals surface area (Å²) in [6, 6.07) is 10.9. The summed E-state index contributed by atoms with van der Waals surface area (Å²) < 4.78 is 1.01. The summed E-state index contributed by atoms with van der Waals surface area (Å²) in [7, 11) is 4.64. The molecule has 0 spiro atoms.